The number of aliphatic hydroxyl groups is 4. The van der Waals surface area contributed by atoms with Crippen LogP contribution in [0.3, 0.4) is 0 Å². The van der Waals surface area contributed by atoms with E-state index in [1.165, 1.54) is 77.0 Å². The molecule has 0 rings (SSSR count). The maximum Gasteiger partial charge on any atom is 0.472 e. The number of hydrogen-bond acceptors (Lipinski definition) is 24. The minimum absolute atomic E-state index is 0. The Labute approximate surface area is 856 Å². The van der Waals surface area contributed by atoms with E-state index in [0.717, 1.165) is 77.0 Å². The van der Waals surface area contributed by atoms with E-state index in [2.05, 4.69) is 49.0 Å². The fourth-order valence-corrected chi connectivity index (χ4v) is 18.5. The molecular weight excluding hydrogens is 1890 g/mol. The molecule has 0 aromatic rings. The first kappa shape index (κ1) is 146. The molecule has 36 heteroatoms. The molecule has 0 aromatic heterocycles. The van der Waals surface area contributed by atoms with Crippen LogP contribution in [-0.2, 0) is 92.8 Å². The Morgan fingerprint density at radius 1 is 0.234 bits per heavy atom. The topological polar surface area (TPSA) is 489 Å². The summed E-state index contributed by atoms with van der Waals surface area (Å²) < 4.78 is 91.4. The molecule has 141 heavy (non-hydrogen) atoms. The Morgan fingerprint density at radius 3 is 0.496 bits per heavy atom. The standard InChI is InChI=1S/4C26H52NO7P.CH4/c4*1-10-11-12-13-14-15-16-27-23(30)22(29)26(8,9)19-34-35(31,32)33-18-20(17-24(2,3)4)21(28)25(5,6)7;/h4*20,22,29H,10-19H2,1-9H3,(H,27,30)(H,31,32);1H4. The fourth-order valence-electron chi connectivity index (χ4n) is 14.8. The molecule has 0 aliphatic heterocycles. The first-order valence-electron chi connectivity index (χ1n) is 51.8. The van der Waals surface area contributed by atoms with Crippen LogP contribution in [0.4, 0.5) is 0 Å². The average Bonchev–Trinajstić information content (AvgIpc) is 0.839. The minimum Gasteiger partial charge on any atom is -0.383 e. The Kier molecular flexibility index (Phi) is 70.4. The summed E-state index contributed by atoms with van der Waals surface area (Å²) in [5, 5.41) is 52.8. The summed E-state index contributed by atoms with van der Waals surface area (Å²) >= 11 is 0. The van der Waals surface area contributed by atoms with Gasteiger partial charge in [-0.3, -0.25) is 74.5 Å². The van der Waals surface area contributed by atoms with Gasteiger partial charge >= 0.3 is 31.3 Å². The third kappa shape index (κ3) is 72.8. The van der Waals surface area contributed by atoms with Crippen molar-refractivity contribution in [3.63, 3.8) is 0 Å². The van der Waals surface area contributed by atoms with Crippen molar-refractivity contribution in [2.75, 3.05) is 79.0 Å². The first-order valence-corrected chi connectivity index (χ1v) is 57.7. The summed E-state index contributed by atoms with van der Waals surface area (Å²) in [6.07, 6.45) is 22.5. The van der Waals surface area contributed by atoms with E-state index in [-0.39, 0.29) is 105 Å². The Morgan fingerprint density at radius 2 is 0.369 bits per heavy atom. The van der Waals surface area contributed by atoms with E-state index in [1.807, 2.05) is 83.1 Å². The van der Waals surface area contributed by atoms with Gasteiger partial charge in [-0.05, 0) is 73.0 Å². The zero-order chi connectivity index (χ0) is 110. The van der Waals surface area contributed by atoms with Crippen molar-refractivity contribution in [2.45, 2.75) is 461 Å². The Bertz CT molecular complexity index is 3250. The molecule has 0 aliphatic rings. The first-order chi connectivity index (χ1) is 63.3. The Hall–Kier alpha value is -3.16. The van der Waals surface area contributed by atoms with Gasteiger partial charge in [0.25, 0.3) is 0 Å². The summed E-state index contributed by atoms with van der Waals surface area (Å²) in [5.74, 6) is -4.62. The predicted octanol–water partition coefficient (Wildman–Crippen LogP) is 23.2. The number of nitrogens with one attached hydrogen (secondary N) is 4. The largest absolute Gasteiger partial charge is 0.472 e. The molecule has 0 aliphatic carbocycles. The van der Waals surface area contributed by atoms with Gasteiger partial charge in [-0.25, -0.2) is 18.3 Å². The van der Waals surface area contributed by atoms with E-state index in [4.69, 9.17) is 36.2 Å². The highest BCUT2D eigenvalue weighted by Crippen LogP contribution is 2.51. The van der Waals surface area contributed by atoms with E-state index >= 15 is 0 Å². The van der Waals surface area contributed by atoms with Crippen molar-refractivity contribution in [2.24, 2.45) is 88.7 Å². The zero-order valence-electron chi connectivity index (χ0n) is 94.4. The highest BCUT2D eigenvalue weighted by molar-refractivity contribution is 7.48. The number of ketones is 4. The summed E-state index contributed by atoms with van der Waals surface area (Å²) in [6, 6.07) is 0. The van der Waals surface area contributed by atoms with Gasteiger partial charge in [-0.1, -0.05) is 385 Å². The van der Waals surface area contributed by atoms with Crippen LogP contribution in [-0.4, -0.2) is 190 Å². The van der Waals surface area contributed by atoms with Gasteiger partial charge < -0.3 is 61.3 Å². The second-order valence-electron chi connectivity index (χ2n) is 50.3. The van der Waals surface area contributed by atoms with Crippen LogP contribution in [0.25, 0.3) is 0 Å². The van der Waals surface area contributed by atoms with E-state index < -0.39 is 146 Å². The van der Waals surface area contributed by atoms with Gasteiger partial charge in [0.05, 0.1) is 52.9 Å². The smallest absolute Gasteiger partial charge is 0.383 e. The summed E-state index contributed by atoms with van der Waals surface area (Å²) in [6.45, 7) is 66.3. The number of rotatable bonds is 68. The maximum atomic E-state index is 12.8. The highest BCUT2D eigenvalue weighted by Gasteiger charge is 2.45. The molecule has 0 spiro atoms. The molecular formula is C105H212N4O28P4. The normalized spacial score (nSPS) is 16.3. The van der Waals surface area contributed by atoms with Crippen LogP contribution in [0.5, 0.6) is 0 Å². The van der Waals surface area contributed by atoms with Crippen molar-refractivity contribution < 1.29 is 133 Å². The molecule has 0 aromatic carbocycles. The third-order valence-electron chi connectivity index (χ3n) is 23.3. The van der Waals surface area contributed by atoms with E-state index in [1.54, 1.807) is 138 Å². The van der Waals surface area contributed by atoms with Crippen LogP contribution >= 0.6 is 31.3 Å². The van der Waals surface area contributed by atoms with Gasteiger partial charge in [0, 0.05) is 93.2 Å². The van der Waals surface area contributed by atoms with Crippen molar-refractivity contribution in [3.05, 3.63) is 0 Å². The predicted molar refractivity (Wildman–Crippen MR) is 566 cm³/mol. The average molecular weight is 2100 g/mol. The molecule has 840 valence electrons. The van der Waals surface area contributed by atoms with Crippen LogP contribution in [0, 0.1) is 88.7 Å². The lowest BCUT2D eigenvalue weighted by Gasteiger charge is -2.31. The molecule has 0 heterocycles. The lowest BCUT2D eigenvalue weighted by atomic mass is 9.76. The number of phosphoric acid groups is 4. The van der Waals surface area contributed by atoms with Gasteiger partial charge in [-0.15, -0.1) is 0 Å². The van der Waals surface area contributed by atoms with Crippen LogP contribution in [0.2, 0.25) is 0 Å². The summed E-state index contributed by atoms with van der Waals surface area (Å²) in [5.41, 5.74) is -7.68. The van der Waals surface area contributed by atoms with Gasteiger partial charge in [0.1, 0.15) is 47.5 Å². The monoisotopic (exact) mass is 2100 g/mol. The second kappa shape index (κ2) is 67.9. The third-order valence-corrected chi connectivity index (χ3v) is 27.0. The van der Waals surface area contributed by atoms with Crippen molar-refractivity contribution >= 4 is 78.1 Å². The van der Waals surface area contributed by atoms with Gasteiger partial charge in [0.2, 0.25) is 23.6 Å². The van der Waals surface area contributed by atoms with Gasteiger partial charge in [0.15, 0.2) is 0 Å². The van der Waals surface area contributed by atoms with E-state index in [9.17, 15) is 96.6 Å². The number of hydrogen-bond donors (Lipinski definition) is 12. The van der Waals surface area contributed by atoms with Gasteiger partial charge in [-0.2, -0.15) is 0 Å². The van der Waals surface area contributed by atoms with Crippen LogP contribution in [0.15, 0.2) is 0 Å². The molecule has 0 saturated carbocycles. The van der Waals surface area contributed by atoms with Crippen molar-refractivity contribution in [3.8, 4) is 0 Å². The maximum absolute atomic E-state index is 12.8. The summed E-state index contributed by atoms with van der Waals surface area (Å²) in [7, 11) is -18.0. The molecule has 0 radical (unpaired) electrons. The van der Waals surface area contributed by atoms with Crippen LogP contribution < -0.4 is 21.3 Å². The van der Waals surface area contributed by atoms with Crippen molar-refractivity contribution in [1.29, 1.82) is 0 Å². The zero-order valence-corrected chi connectivity index (χ0v) is 98.0. The number of unbranched alkanes of at least 4 members (excludes halogenated alkanes) is 20. The number of carbonyl (C=O) groups excluding carboxylic acids is 8. The molecule has 0 fully saturated rings. The van der Waals surface area contributed by atoms with Crippen LogP contribution in [0.1, 0.15) is 436 Å². The molecule has 4 amide bonds. The number of aliphatic hydroxyl groups excluding tert-OH is 4. The molecule has 12 unspecified atom stereocenters. The number of carbonyl (C=O) groups is 8. The SMILES string of the molecule is C.CCCCCCCCNC(=O)C(O)C(C)(C)COP(=O)(O)OCC(CC(C)(C)C)C(=O)C(C)(C)C.CCCCCCCCNC(=O)C(O)C(C)(C)COP(=O)(O)OCC(CC(C)(C)C)C(=O)C(C)(C)C.CCCCCCCCNC(=O)C(O)C(C)(C)COP(=O)(O)OCC(CC(C)(C)C)C(=O)C(C)(C)C.CCCCCCCCNC(=O)C(O)C(C)(C)COP(=O)(O)OCC(CC(C)(C)C)C(=O)C(C)(C)C. The lowest BCUT2D eigenvalue weighted by molar-refractivity contribution is -0.137. The number of amides is 4. The minimum atomic E-state index is -4.50. The number of phosphoric ester groups is 4. The van der Waals surface area contributed by atoms with Crippen molar-refractivity contribution in [1.82, 2.24) is 21.3 Å². The Balaban J connectivity index is -0.000000582. The van der Waals surface area contributed by atoms with E-state index in [0.29, 0.717) is 51.9 Å². The lowest BCUT2D eigenvalue weighted by Crippen LogP contribution is -2.46. The summed E-state index contributed by atoms with van der Waals surface area (Å²) in [4.78, 5) is 142. The molecule has 0 bridgehead atoms. The highest BCUT2D eigenvalue weighted by atomic mass is 31.2. The quantitative estimate of drug-likeness (QED) is 0.0199. The molecule has 12 N–H and O–H groups in total. The number of Topliss-reactive ketones (excluding diaryl/α,β-unsaturated/α-hetero) is 4. The second-order valence-corrected chi connectivity index (χ2v) is 56.1. The molecule has 32 nitrogen and oxygen atoms in total. The molecule has 0 saturated heterocycles. The molecule has 12 atom stereocenters. The fraction of sp³-hybridized carbons (Fsp3) is 0.924.